The Balaban J connectivity index is 1.98. The van der Waals surface area contributed by atoms with Gasteiger partial charge in [-0.15, -0.1) is 0 Å². The monoisotopic (exact) mass is 299 g/mol. The fraction of sp³-hybridized carbons (Fsp3) is 0.188. The van der Waals surface area contributed by atoms with Crippen molar-refractivity contribution in [3.63, 3.8) is 0 Å². The van der Waals surface area contributed by atoms with E-state index < -0.39 is 0 Å². The zero-order chi connectivity index (χ0) is 14.7. The molecule has 3 aromatic rings. The molecule has 0 saturated carbocycles. The van der Waals surface area contributed by atoms with Crippen molar-refractivity contribution < 1.29 is 4.74 Å². The summed E-state index contributed by atoms with van der Waals surface area (Å²) in [5.74, 6) is 1.79. The molecule has 0 aliphatic rings. The highest BCUT2D eigenvalue weighted by Gasteiger charge is 2.08. The maximum atomic E-state index is 6.02. The molecule has 0 fully saturated rings. The second kappa shape index (κ2) is 6.06. The van der Waals surface area contributed by atoms with Crippen LogP contribution in [0.25, 0.3) is 10.9 Å². The summed E-state index contributed by atoms with van der Waals surface area (Å²) in [7, 11) is 0. The standard InChI is InChI=1S/C16H14ClN3O/c1-2-5-14-19-13(17)10-15(20-14)21-12-8-3-6-11-7-4-9-18-16(11)12/h3-4,6-10H,2,5H2,1H3. The van der Waals surface area contributed by atoms with E-state index in [0.717, 1.165) is 23.7 Å². The summed E-state index contributed by atoms with van der Waals surface area (Å²) < 4.78 is 5.86. The van der Waals surface area contributed by atoms with Gasteiger partial charge < -0.3 is 4.74 Å². The van der Waals surface area contributed by atoms with Gasteiger partial charge in [-0.25, -0.2) is 4.98 Å². The van der Waals surface area contributed by atoms with Crippen molar-refractivity contribution in [2.75, 3.05) is 0 Å². The average Bonchev–Trinajstić information content (AvgIpc) is 2.47. The second-order valence-electron chi connectivity index (χ2n) is 4.63. The molecule has 0 spiro atoms. The van der Waals surface area contributed by atoms with Gasteiger partial charge in [-0.1, -0.05) is 36.7 Å². The molecule has 0 N–H and O–H groups in total. The van der Waals surface area contributed by atoms with Crippen molar-refractivity contribution in [2.45, 2.75) is 19.8 Å². The molecule has 0 unspecified atom stereocenters. The molecule has 21 heavy (non-hydrogen) atoms. The lowest BCUT2D eigenvalue weighted by Crippen LogP contribution is -1.98. The third-order valence-corrected chi connectivity index (χ3v) is 3.20. The molecule has 5 heteroatoms. The number of benzene rings is 1. The van der Waals surface area contributed by atoms with E-state index in [1.54, 1.807) is 12.3 Å². The molecular weight excluding hydrogens is 286 g/mol. The van der Waals surface area contributed by atoms with Crippen LogP contribution < -0.4 is 4.74 Å². The van der Waals surface area contributed by atoms with Crippen molar-refractivity contribution in [1.82, 2.24) is 15.0 Å². The highest BCUT2D eigenvalue weighted by atomic mass is 35.5. The van der Waals surface area contributed by atoms with Crippen LogP contribution in [-0.2, 0) is 6.42 Å². The van der Waals surface area contributed by atoms with E-state index in [9.17, 15) is 0 Å². The summed E-state index contributed by atoms with van der Waals surface area (Å²) in [6.07, 6.45) is 3.46. The maximum Gasteiger partial charge on any atom is 0.224 e. The number of rotatable bonds is 4. The number of hydrogen-bond acceptors (Lipinski definition) is 4. The van der Waals surface area contributed by atoms with Crippen LogP contribution in [0, 0.1) is 0 Å². The van der Waals surface area contributed by atoms with Crippen molar-refractivity contribution in [3.8, 4) is 11.6 Å². The van der Waals surface area contributed by atoms with Crippen molar-refractivity contribution in [2.24, 2.45) is 0 Å². The molecule has 0 radical (unpaired) electrons. The van der Waals surface area contributed by atoms with Gasteiger partial charge in [0.25, 0.3) is 0 Å². The first kappa shape index (κ1) is 13.8. The molecule has 2 aromatic heterocycles. The number of hydrogen-bond donors (Lipinski definition) is 0. The molecule has 0 amide bonds. The Hall–Kier alpha value is -2.20. The molecule has 2 heterocycles. The highest BCUT2D eigenvalue weighted by molar-refractivity contribution is 6.29. The summed E-state index contributed by atoms with van der Waals surface area (Å²) in [6.45, 7) is 2.07. The van der Waals surface area contributed by atoms with Crippen LogP contribution in [0.4, 0.5) is 0 Å². The van der Waals surface area contributed by atoms with E-state index in [1.807, 2.05) is 30.3 Å². The van der Waals surface area contributed by atoms with Gasteiger partial charge in [0.05, 0.1) is 0 Å². The summed E-state index contributed by atoms with van der Waals surface area (Å²) >= 11 is 6.02. The van der Waals surface area contributed by atoms with E-state index in [2.05, 4.69) is 21.9 Å². The van der Waals surface area contributed by atoms with Crippen LogP contribution in [0.3, 0.4) is 0 Å². The van der Waals surface area contributed by atoms with Gasteiger partial charge in [-0.05, 0) is 18.6 Å². The average molecular weight is 300 g/mol. The molecule has 0 saturated heterocycles. The molecule has 0 bridgehead atoms. The topological polar surface area (TPSA) is 47.9 Å². The normalized spacial score (nSPS) is 10.8. The minimum Gasteiger partial charge on any atom is -0.437 e. The van der Waals surface area contributed by atoms with Gasteiger partial charge in [0.2, 0.25) is 5.88 Å². The van der Waals surface area contributed by atoms with Gasteiger partial charge in [-0.3, -0.25) is 4.98 Å². The van der Waals surface area contributed by atoms with E-state index in [4.69, 9.17) is 16.3 Å². The first-order chi connectivity index (χ1) is 10.3. The third-order valence-electron chi connectivity index (χ3n) is 3.00. The van der Waals surface area contributed by atoms with Crippen LogP contribution >= 0.6 is 11.6 Å². The molecule has 4 nitrogen and oxygen atoms in total. The number of para-hydroxylation sites is 1. The molecular formula is C16H14ClN3O. The number of pyridine rings is 1. The minimum atomic E-state index is 0.386. The smallest absolute Gasteiger partial charge is 0.224 e. The molecule has 1 aromatic carbocycles. The summed E-state index contributed by atoms with van der Waals surface area (Å²) in [6, 6.07) is 11.3. The molecule has 0 aliphatic carbocycles. The van der Waals surface area contributed by atoms with Crippen LogP contribution in [0.1, 0.15) is 19.2 Å². The fourth-order valence-electron chi connectivity index (χ4n) is 2.10. The van der Waals surface area contributed by atoms with Crippen molar-refractivity contribution in [3.05, 3.63) is 53.6 Å². The lowest BCUT2D eigenvalue weighted by atomic mass is 10.2. The zero-order valence-electron chi connectivity index (χ0n) is 11.6. The first-order valence-electron chi connectivity index (χ1n) is 6.81. The van der Waals surface area contributed by atoms with Gasteiger partial charge in [0, 0.05) is 24.1 Å². The van der Waals surface area contributed by atoms with Crippen LogP contribution in [0.5, 0.6) is 11.6 Å². The molecule has 0 atom stereocenters. The second-order valence-corrected chi connectivity index (χ2v) is 5.02. The van der Waals surface area contributed by atoms with Crippen molar-refractivity contribution >= 4 is 22.5 Å². The quantitative estimate of drug-likeness (QED) is 0.669. The fourth-order valence-corrected chi connectivity index (χ4v) is 2.29. The van der Waals surface area contributed by atoms with Crippen LogP contribution in [0.15, 0.2) is 42.6 Å². The summed E-state index contributed by atoms with van der Waals surface area (Å²) in [5.41, 5.74) is 0.798. The predicted molar refractivity (Wildman–Crippen MR) is 82.9 cm³/mol. The zero-order valence-corrected chi connectivity index (χ0v) is 12.3. The Kier molecular flexibility index (Phi) is 3.97. The van der Waals surface area contributed by atoms with Crippen molar-refractivity contribution in [1.29, 1.82) is 0 Å². The van der Waals surface area contributed by atoms with Crippen LogP contribution in [-0.4, -0.2) is 15.0 Å². The number of aromatic nitrogens is 3. The summed E-state index contributed by atoms with van der Waals surface area (Å²) in [5, 5.41) is 1.40. The Morgan fingerprint density at radius 3 is 2.86 bits per heavy atom. The Morgan fingerprint density at radius 2 is 2.00 bits per heavy atom. The van der Waals surface area contributed by atoms with Gasteiger partial charge >= 0.3 is 0 Å². The number of nitrogens with zero attached hydrogens (tertiary/aromatic N) is 3. The SMILES string of the molecule is CCCc1nc(Cl)cc(Oc2cccc3cccnc23)n1. The molecule has 3 rings (SSSR count). The number of ether oxygens (including phenoxy) is 1. The lowest BCUT2D eigenvalue weighted by molar-refractivity contribution is 0.462. The number of aryl methyl sites for hydroxylation is 1. The Bertz CT molecular complexity index is 771. The number of fused-ring (bicyclic) bond motifs is 1. The molecule has 0 aliphatic heterocycles. The first-order valence-corrected chi connectivity index (χ1v) is 7.19. The van der Waals surface area contributed by atoms with Crippen LogP contribution in [0.2, 0.25) is 5.15 Å². The largest absolute Gasteiger partial charge is 0.437 e. The predicted octanol–water partition coefficient (Wildman–Crippen LogP) is 4.42. The van der Waals surface area contributed by atoms with Gasteiger partial charge in [0.15, 0.2) is 5.75 Å². The highest BCUT2D eigenvalue weighted by Crippen LogP contribution is 2.28. The minimum absolute atomic E-state index is 0.386. The maximum absolute atomic E-state index is 6.02. The lowest BCUT2D eigenvalue weighted by Gasteiger charge is -2.08. The van der Waals surface area contributed by atoms with Gasteiger partial charge in [-0.2, -0.15) is 4.98 Å². The summed E-state index contributed by atoms with van der Waals surface area (Å²) in [4.78, 5) is 12.9. The van der Waals surface area contributed by atoms with E-state index >= 15 is 0 Å². The Labute approximate surface area is 127 Å². The Morgan fingerprint density at radius 1 is 1.14 bits per heavy atom. The third kappa shape index (κ3) is 3.11. The van der Waals surface area contributed by atoms with E-state index in [0.29, 0.717) is 22.6 Å². The number of halogens is 1. The van der Waals surface area contributed by atoms with E-state index in [-0.39, 0.29) is 0 Å². The van der Waals surface area contributed by atoms with Gasteiger partial charge in [0.1, 0.15) is 16.5 Å². The van der Waals surface area contributed by atoms with E-state index in [1.165, 1.54) is 0 Å². The molecule has 106 valence electrons.